The van der Waals surface area contributed by atoms with E-state index >= 15 is 0 Å². The highest BCUT2D eigenvalue weighted by molar-refractivity contribution is 7.13. The minimum atomic E-state index is -0.340. The van der Waals surface area contributed by atoms with Crippen LogP contribution in [0.3, 0.4) is 0 Å². The number of nitrogens with one attached hydrogen (secondary N) is 2. The quantitative estimate of drug-likeness (QED) is 0.475. The van der Waals surface area contributed by atoms with Crippen molar-refractivity contribution in [1.82, 2.24) is 14.8 Å². The molecular formula is C22H19N5O3S. The number of hydrogen-bond donors (Lipinski definition) is 2. The van der Waals surface area contributed by atoms with Crippen molar-refractivity contribution < 1.29 is 14.3 Å². The second-order valence-electron chi connectivity index (χ2n) is 6.60. The number of benzene rings is 2. The third kappa shape index (κ3) is 4.62. The van der Waals surface area contributed by atoms with Gasteiger partial charge in [0.15, 0.2) is 0 Å². The zero-order valence-corrected chi connectivity index (χ0v) is 17.6. The fourth-order valence-electron chi connectivity index (χ4n) is 2.92. The van der Waals surface area contributed by atoms with Gasteiger partial charge in [-0.15, -0.1) is 11.3 Å². The van der Waals surface area contributed by atoms with Crippen molar-refractivity contribution >= 4 is 34.5 Å². The summed E-state index contributed by atoms with van der Waals surface area (Å²) in [4.78, 5) is 28.4. The molecule has 2 N–H and O–H groups in total. The van der Waals surface area contributed by atoms with Crippen molar-refractivity contribution in [2.75, 3.05) is 17.7 Å². The average molecular weight is 433 g/mol. The Morgan fingerprint density at radius 2 is 1.90 bits per heavy atom. The van der Waals surface area contributed by atoms with E-state index in [1.54, 1.807) is 34.5 Å². The SMILES string of the molecule is COc1cc(NC(=O)c2csc(-c3cnn(-c4ccccc4)c3)n2)ccc1NC(C)=O. The van der Waals surface area contributed by atoms with Gasteiger partial charge in [-0.2, -0.15) is 5.10 Å². The van der Waals surface area contributed by atoms with Gasteiger partial charge < -0.3 is 15.4 Å². The van der Waals surface area contributed by atoms with Gasteiger partial charge in [-0.05, 0) is 24.3 Å². The van der Waals surface area contributed by atoms with E-state index in [1.165, 1.54) is 25.4 Å². The van der Waals surface area contributed by atoms with Crippen LogP contribution in [0.2, 0.25) is 0 Å². The van der Waals surface area contributed by atoms with Gasteiger partial charge in [0.1, 0.15) is 16.5 Å². The molecular weight excluding hydrogens is 414 g/mol. The Morgan fingerprint density at radius 3 is 2.65 bits per heavy atom. The van der Waals surface area contributed by atoms with E-state index in [0.29, 0.717) is 27.8 Å². The number of ether oxygens (including phenoxy) is 1. The van der Waals surface area contributed by atoms with Crippen LogP contribution in [0.5, 0.6) is 5.75 Å². The highest BCUT2D eigenvalue weighted by atomic mass is 32.1. The number of methoxy groups -OCH3 is 1. The molecule has 9 heteroatoms. The molecule has 0 saturated carbocycles. The summed E-state index contributed by atoms with van der Waals surface area (Å²) < 4.78 is 7.05. The van der Waals surface area contributed by atoms with E-state index < -0.39 is 0 Å². The third-order valence-electron chi connectivity index (χ3n) is 4.36. The summed E-state index contributed by atoms with van der Waals surface area (Å²) in [7, 11) is 1.49. The molecule has 0 aliphatic heterocycles. The Balaban J connectivity index is 1.49. The molecule has 0 aliphatic rings. The maximum absolute atomic E-state index is 12.6. The molecule has 4 aromatic rings. The molecule has 156 valence electrons. The molecule has 0 spiro atoms. The smallest absolute Gasteiger partial charge is 0.275 e. The lowest BCUT2D eigenvalue weighted by molar-refractivity contribution is -0.114. The van der Waals surface area contributed by atoms with Gasteiger partial charge in [-0.25, -0.2) is 9.67 Å². The van der Waals surface area contributed by atoms with E-state index in [0.717, 1.165) is 11.3 Å². The van der Waals surface area contributed by atoms with Crippen molar-refractivity contribution in [3.05, 3.63) is 72.0 Å². The average Bonchev–Trinajstić information content (AvgIpc) is 3.45. The molecule has 2 heterocycles. The lowest BCUT2D eigenvalue weighted by Gasteiger charge is -2.11. The minimum absolute atomic E-state index is 0.208. The molecule has 0 unspecified atom stereocenters. The minimum Gasteiger partial charge on any atom is -0.494 e. The Morgan fingerprint density at radius 1 is 1.10 bits per heavy atom. The zero-order chi connectivity index (χ0) is 21.8. The molecule has 2 aromatic carbocycles. The summed E-state index contributed by atoms with van der Waals surface area (Å²) in [5.41, 5.74) is 3.13. The van der Waals surface area contributed by atoms with Crippen LogP contribution < -0.4 is 15.4 Å². The van der Waals surface area contributed by atoms with E-state index in [9.17, 15) is 9.59 Å². The number of carbonyl (C=O) groups excluding carboxylic acids is 2. The van der Waals surface area contributed by atoms with Gasteiger partial charge in [-0.3, -0.25) is 9.59 Å². The molecule has 0 fully saturated rings. The van der Waals surface area contributed by atoms with Crippen molar-refractivity contribution in [3.63, 3.8) is 0 Å². The highest BCUT2D eigenvalue weighted by Gasteiger charge is 2.15. The second-order valence-corrected chi connectivity index (χ2v) is 7.46. The van der Waals surface area contributed by atoms with Gasteiger partial charge in [0.2, 0.25) is 5.91 Å². The van der Waals surface area contributed by atoms with E-state index in [-0.39, 0.29) is 11.8 Å². The predicted molar refractivity (Wildman–Crippen MR) is 120 cm³/mol. The monoisotopic (exact) mass is 433 g/mol. The Hall–Kier alpha value is -3.98. The fraction of sp³-hybridized carbons (Fsp3) is 0.0909. The maximum atomic E-state index is 12.6. The van der Waals surface area contributed by atoms with Crippen LogP contribution in [-0.2, 0) is 4.79 Å². The lowest BCUT2D eigenvalue weighted by Crippen LogP contribution is -2.13. The van der Waals surface area contributed by atoms with Gasteiger partial charge in [0.05, 0.1) is 24.7 Å². The first-order valence-corrected chi connectivity index (χ1v) is 10.2. The van der Waals surface area contributed by atoms with Crippen molar-refractivity contribution in [2.45, 2.75) is 6.92 Å². The Labute approximate surface area is 182 Å². The van der Waals surface area contributed by atoms with Gasteiger partial charge in [0.25, 0.3) is 5.91 Å². The first-order chi connectivity index (χ1) is 15.0. The summed E-state index contributed by atoms with van der Waals surface area (Å²) >= 11 is 1.37. The molecule has 0 atom stereocenters. The number of nitrogens with zero attached hydrogens (tertiary/aromatic N) is 3. The Bertz CT molecular complexity index is 1230. The fourth-order valence-corrected chi connectivity index (χ4v) is 3.70. The first-order valence-electron chi connectivity index (χ1n) is 9.36. The Kier molecular flexibility index (Phi) is 5.76. The molecule has 2 aromatic heterocycles. The second kappa shape index (κ2) is 8.80. The van der Waals surface area contributed by atoms with Crippen LogP contribution >= 0.6 is 11.3 Å². The van der Waals surface area contributed by atoms with Crippen molar-refractivity contribution in [1.29, 1.82) is 0 Å². The molecule has 0 bridgehead atoms. The summed E-state index contributed by atoms with van der Waals surface area (Å²) in [6.07, 6.45) is 3.60. The van der Waals surface area contributed by atoms with Crippen LogP contribution in [0.4, 0.5) is 11.4 Å². The lowest BCUT2D eigenvalue weighted by atomic mass is 10.2. The van der Waals surface area contributed by atoms with Gasteiger partial charge in [-0.1, -0.05) is 18.2 Å². The summed E-state index contributed by atoms with van der Waals surface area (Å²) in [6.45, 7) is 1.42. The van der Waals surface area contributed by atoms with Gasteiger partial charge >= 0.3 is 0 Å². The summed E-state index contributed by atoms with van der Waals surface area (Å²) in [5, 5.41) is 12.3. The van der Waals surface area contributed by atoms with E-state index in [2.05, 4.69) is 20.7 Å². The largest absolute Gasteiger partial charge is 0.494 e. The van der Waals surface area contributed by atoms with Crippen LogP contribution in [-0.4, -0.2) is 33.7 Å². The first kappa shape index (κ1) is 20.3. The normalized spacial score (nSPS) is 10.5. The number of hydrogen-bond acceptors (Lipinski definition) is 6. The molecule has 2 amide bonds. The predicted octanol–water partition coefficient (Wildman–Crippen LogP) is 4.22. The number of thiazole rings is 1. The van der Waals surface area contributed by atoms with Crippen LogP contribution in [0.1, 0.15) is 17.4 Å². The zero-order valence-electron chi connectivity index (χ0n) is 16.8. The van der Waals surface area contributed by atoms with E-state index in [4.69, 9.17) is 4.74 Å². The molecule has 0 aliphatic carbocycles. The van der Waals surface area contributed by atoms with E-state index in [1.807, 2.05) is 36.5 Å². The van der Waals surface area contributed by atoms with Crippen LogP contribution in [0, 0.1) is 0 Å². The number of carbonyl (C=O) groups is 2. The van der Waals surface area contributed by atoms with Crippen molar-refractivity contribution in [2.24, 2.45) is 0 Å². The van der Waals surface area contributed by atoms with Crippen molar-refractivity contribution in [3.8, 4) is 22.0 Å². The summed E-state index contributed by atoms with van der Waals surface area (Å²) in [5.74, 6) is -0.103. The van der Waals surface area contributed by atoms with Gasteiger partial charge in [0, 0.05) is 35.8 Å². The maximum Gasteiger partial charge on any atom is 0.275 e. The third-order valence-corrected chi connectivity index (χ3v) is 5.25. The number of para-hydroxylation sites is 1. The summed E-state index contributed by atoms with van der Waals surface area (Å²) in [6, 6.07) is 14.7. The topological polar surface area (TPSA) is 98.1 Å². The number of rotatable bonds is 6. The number of aromatic nitrogens is 3. The molecule has 4 rings (SSSR count). The molecule has 31 heavy (non-hydrogen) atoms. The molecule has 8 nitrogen and oxygen atoms in total. The number of anilines is 2. The van der Waals surface area contributed by atoms with Crippen LogP contribution in [0.25, 0.3) is 16.3 Å². The molecule has 0 saturated heterocycles. The number of amides is 2. The highest BCUT2D eigenvalue weighted by Crippen LogP contribution is 2.29. The van der Waals surface area contributed by atoms with Crippen LogP contribution in [0.15, 0.2) is 66.3 Å². The standard InChI is InChI=1S/C22H19N5O3S/c1-14(28)24-18-9-8-16(10-20(18)30-2)25-21(29)19-13-31-22(26-19)15-11-23-27(12-15)17-6-4-3-5-7-17/h3-13H,1-2H3,(H,24,28)(H,25,29). The molecule has 0 radical (unpaired) electrons.